The molecule has 2 atom stereocenters. The number of hydrogen-bond donors (Lipinski definition) is 1. The number of nitrogens with one attached hydrogen (secondary N) is 1. The van der Waals surface area contributed by atoms with Crippen molar-refractivity contribution in [3.05, 3.63) is 57.6 Å². The van der Waals surface area contributed by atoms with Crippen LogP contribution in [0.4, 0.5) is 5.69 Å². The van der Waals surface area contributed by atoms with Crippen molar-refractivity contribution in [2.75, 3.05) is 17.7 Å². The van der Waals surface area contributed by atoms with Gasteiger partial charge in [0.1, 0.15) is 11.8 Å². The highest BCUT2D eigenvalue weighted by Gasteiger charge is 2.30. The van der Waals surface area contributed by atoms with Crippen LogP contribution < -0.4 is 14.4 Å². The summed E-state index contributed by atoms with van der Waals surface area (Å²) in [5.74, 6) is 0.0160. The van der Waals surface area contributed by atoms with Crippen LogP contribution in [0.5, 0.6) is 5.75 Å². The number of aryl methyl sites for hydroxylation is 3. The molecule has 0 aliphatic rings. The second kappa shape index (κ2) is 9.27. The molecule has 0 heterocycles. The maximum absolute atomic E-state index is 13.0. The van der Waals surface area contributed by atoms with E-state index in [1.54, 1.807) is 19.1 Å². The van der Waals surface area contributed by atoms with E-state index in [4.69, 9.17) is 16.3 Å². The summed E-state index contributed by atoms with van der Waals surface area (Å²) in [6.07, 6.45) is 1.06. The van der Waals surface area contributed by atoms with Gasteiger partial charge in [-0.15, -0.1) is 0 Å². The summed E-state index contributed by atoms with van der Waals surface area (Å²) >= 11 is 6.17. The zero-order chi connectivity index (χ0) is 22.8. The number of rotatable bonds is 7. The van der Waals surface area contributed by atoms with E-state index in [0.717, 1.165) is 27.3 Å². The highest BCUT2D eigenvalue weighted by molar-refractivity contribution is 7.92. The number of amides is 1. The molecule has 0 aliphatic carbocycles. The maximum atomic E-state index is 13.0. The van der Waals surface area contributed by atoms with Gasteiger partial charge in [-0.2, -0.15) is 0 Å². The number of carbonyl (C=O) groups excluding carboxylic acids is 1. The van der Waals surface area contributed by atoms with Crippen molar-refractivity contribution in [3.63, 3.8) is 0 Å². The van der Waals surface area contributed by atoms with Gasteiger partial charge in [-0.25, -0.2) is 8.42 Å². The monoisotopic (exact) mass is 452 g/mol. The van der Waals surface area contributed by atoms with Gasteiger partial charge in [0.25, 0.3) is 0 Å². The van der Waals surface area contributed by atoms with E-state index >= 15 is 0 Å². The summed E-state index contributed by atoms with van der Waals surface area (Å²) in [6, 6.07) is 7.49. The summed E-state index contributed by atoms with van der Waals surface area (Å²) in [7, 11) is -2.27. The van der Waals surface area contributed by atoms with E-state index in [9.17, 15) is 13.2 Å². The standard InChI is InChI=1S/C22H29ClN2O4S/c1-13-10-15(3)19(11-14(13)2)16(4)24-22(26)17(5)25(30(7,27)28)18-8-9-21(29-6)20(23)12-18/h8-12,16-17H,1-7H3,(H,24,26)/t16-,17-/m0/s1. The molecule has 0 aliphatic heterocycles. The van der Waals surface area contributed by atoms with Crippen LogP contribution in [0.2, 0.25) is 5.02 Å². The van der Waals surface area contributed by atoms with Gasteiger partial charge in [0.05, 0.1) is 30.1 Å². The number of methoxy groups -OCH3 is 1. The fourth-order valence-corrected chi connectivity index (χ4v) is 4.88. The molecule has 0 fully saturated rings. The number of hydrogen-bond acceptors (Lipinski definition) is 4. The Morgan fingerprint density at radius 1 is 1.07 bits per heavy atom. The van der Waals surface area contributed by atoms with Gasteiger partial charge in [-0.1, -0.05) is 23.7 Å². The molecule has 2 aromatic rings. The minimum absolute atomic E-state index is 0.260. The lowest BCUT2D eigenvalue weighted by molar-refractivity contribution is -0.122. The summed E-state index contributed by atoms with van der Waals surface area (Å²) in [4.78, 5) is 13.0. The highest BCUT2D eigenvalue weighted by atomic mass is 35.5. The molecule has 0 saturated heterocycles. The van der Waals surface area contributed by atoms with Gasteiger partial charge in [0, 0.05) is 0 Å². The van der Waals surface area contributed by atoms with Gasteiger partial charge in [0.2, 0.25) is 15.9 Å². The summed E-state index contributed by atoms with van der Waals surface area (Å²) < 4.78 is 31.2. The van der Waals surface area contributed by atoms with Crippen molar-refractivity contribution in [3.8, 4) is 5.75 Å². The topological polar surface area (TPSA) is 75.7 Å². The summed E-state index contributed by atoms with van der Waals surface area (Å²) in [6.45, 7) is 9.50. The van der Waals surface area contributed by atoms with E-state index < -0.39 is 22.0 Å². The average Bonchev–Trinajstić information content (AvgIpc) is 2.63. The van der Waals surface area contributed by atoms with Gasteiger partial charge >= 0.3 is 0 Å². The van der Waals surface area contributed by atoms with Crippen molar-refractivity contribution >= 4 is 33.2 Å². The minimum Gasteiger partial charge on any atom is -0.495 e. The zero-order valence-corrected chi connectivity index (χ0v) is 20.0. The van der Waals surface area contributed by atoms with Gasteiger partial charge in [-0.05, 0) is 75.1 Å². The average molecular weight is 453 g/mol. The molecule has 2 rings (SSSR count). The number of carbonyl (C=O) groups is 1. The Morgan fingerprint density at radius 3 is 2.20 bits per heavy atom. The van der Waals surface area contributed by atoms with Crippen molar-refractivity contribution in [2.24, 2.45) is 0 Å². The number of benzene rings is 2. The second-order valence-corrected chi connectivity index (χ2v) is 9.84. The van der Waals surface area contributed by atoms with E-state index in [0.29, 0.717) is 11.4 Å². The third kappa shape index (κ3) is 5.26. The number of sulfonamides is 1. The normalized spacial score (nSPS) is 13.5. The predicted molar refractivity (Wildman–Crippen MR) is 122 cm³/mol. The first-order valence-electron chi connectivity index (χ1n) is 9.57. The second-order valence-electron chi connectivity index (χ2n) is 7.58. The molecule has 0 spiro atoms. The van der Waals surface area contributed by atoms with Crippen LogP contribution >= 0.6 is 11.6 Å². The Labute approximate surface area is 184 Å². The SMILES string of the molecule is COc1ccc(N([C@@H](C)C(=O)N[C@@H](C)c2cc(C)c(C)cc2C)S(C)(=O)=O)cc1Cl. The Balaban J connectivity index is 2.32. The molecule has 0 unspecified atom stereocenters. The predicted octanol–water partition coefficient (Wildman–Crippen LogP) is 4.31. The molecule has 164 valence electrons. The molecule has 1 amide bonds. The lowest BCUT2D eigenvalue weighted by Crippen LogP contribution is -2.48. The van der Waals surface area contributed by atoms with Crippen LogP contribution in [0.15, 0.2) is 30.3 Å². The molecule has 8 heteroatoms. The summed E-state index contributed by atoms with van der Waals surface area (Å²) in [5, 5.41) is 3.20. The smallest absolute Gasteiger partial charge is 0.244 e. The quantitative estimate of drug-likeness (QED) is 0.679. The molecule has 30 heavy (non-hydrogen) atoms. The molecule has 1 N–H and O–H groups in total. The molecule has 2 aromatic carbocycles. The first kappa shape index (κ1) is 24.0. The maximum Gasteiger partial charge on any atom is 0.244 e. The van der Waals surface area contributed by atoms with Crippen molar-refractivity contribution < 1.29 is 17.9 Å². The Morgan fingerprint density at radius 2 is 1.67 bits per heavy atom. The molecular weight excluding hydrogens is 424 g/mol. The third-order valence-corrected chi connectivity index (χ3v) is 6.72. The van der Waals surface area contributed by atoms with E-state index in [-0.39, 0.29) is 11.1 Å². The van der Waals surface area contributed by atoms with Crippen molar-refractivity contribution in [1.29, 1.82) is 0 Å². The van der Waals surface area contributed by atoms with Crippen molar-refractivity contribution in [1.82, 2.24) is 5.32 Å². The van der Waals surface area contributed by atoms with Crippen LogP contribution in [0.25, 0.3) is 0 Å². The fourth-order valence-electron chi connectivity index (χ4n) is 3.46. The first-order chi connectivity index (χ1) is 13.9. The van der Waals surface area contributed by atoms with Gasteiger partial charge in [0.15, 0.2) is 0 Å². The molecule has 0 aromatic heterocycles. The van der Waals surface area contributed by atoms with Crippen LogP contribution in [0.3, 0.4) is 0 Å². The van der Waals surface area contributed by atoms with Crippen LogP contribution in [-0.4, -0.2) is 33.7 Å². The van der Waals surface area contributed by atoms with E-state index in [2.05, 4.69) is 17.4 Å². The van der Waals surface area contributed by atoms with E-state index in [1.165, 1.54) is 18.7 Å². The summed E-state index contributed by atoms with van der Waals surface area (Å²) in [5.41, 5.74) is 4.68. The van der Waals surface area contributed by atoms with Gasteiger partial charge < -0.3 is 10.1 Å². The fraction of sp³-hybridized carbons (Fsp3) is 0.409. The molecule has 0 radical (unpaired) electrons. The number of nitrogens with zero attached hydrogens (tertiary/aromatic N) is 1. The minimum atomic E-state index is -3.75. The molecule has 6 nitrogen and oxygen atoms in total. The number of halogens is 1. The Kier molecular flexibility index (Phi) is 7.42. The third-order valence-electron chi connectivity index (χ3n) is 5.19. The number of ether oxygens (including phenoxy) is 1. The van der Waals surface area contributed by atoms with E-state index in [1.807, 2.05) is 27.7 Å². The van der Waals surface area contributed by atoms with Crippen LogP contribution in [0, 0.1) is 20.8 Å². The Bertz CT molecular complexity index is 1050. The molecular formula is C22H29ClN2O4S. The van der Waals surface area contributed by atoms with Crippen LogP contribution in [-0.2, 0) is 14.8 Å². The lowest BCUT2D eigenvalue weighted by Gasteiger charge is -2.30. The molecule has 0 bridgehead atoms. The largest absolute Gasteiger partial charge is 0.495 e. The number of anilines is 1. The van der Waals surface area contributed by atoms with Gasteiger partial charge in [-0.3, -0.25) is 9.10 Å². The molecule has 0 saturated carbocycles. The Hall–Kier alpha value is -2.25. The lowest BCUT2D eigenvalue weighted by atomic mass is 9.96. The zero-order valence-electron chi connectivity index (χ0n) is 18.4. The first-order valence-corrected chi connectivity index (χ1v) is 11.8. The highest BCUT2D eigenvalue weighted by Crippen LogP contribution is 2.31. The van der Waals surface area contributed by atoms with Crippen LogP contribution in [0.1, 0.15) is 42.1 Å². The van der Waals surface area contributed by atoms with Crippen molar-refractivity contribution in [2.45, 2.75) is 46.7 Å².